The third kappa shape index (κ3) is 3.43. The predicted molar refractivity (Wildman–Crippen MR) is 78.2 cm³/mol. The van der Waals surface area contributed by atoms with E-state index in [4.69, 9.17) is 9.92 Å². The highest BCUT2D eigenvalue weighted by Crippen LogP contribution is 2.14. The van der Waals surface area contributed by atoms with Crippen molar-refractivity contribution in [1.29, 1.82) is 0 Å². The van der Waals surface area contributed by atoms with Crippen LogP contribution in [0.1, 0.15) is 22.0 Å². The molecule has 0 saturated heterocycles. The summed E-state index contributed by atoms with van der Waals surface area (Å²) in [6, 6.07) is 0. The Bertz CT molecular complexity index is 571. The highest BCUT2D eigenvalue weighted by atomic mass is 32.1. The van der Waals surface area contributed by atoms with E-state index in [0.717, 1.165) is 12.0 Å². The molecule has 0 unspecified atom stereocenters. The lowest BCUT2D eigenvalue weighted by molar-refractivity contribution is -0.689. The van der Waals surface area contributed by atoms with Crippen LogP contribution in [0.25, 0.3) is 0 Å². The Morgan fingerprint density at radius 1 is 1.47 bits per heavy atom. The van der Waals surface area contributed by atoms with Crippen LogP contribution in [0.2, 0.25) is 0 Å². The van der Waals surface area contributed by atoms with E-state index < -0.39 is 0 Å². The molecule has 0 aliphatic rings. The normalized spacial score (nSPS) is 10.9. The van der Waals surface area contributed by atoms with E-state index in [-0.39, 0.29) is 0 Å². The van der Waals surface area contributed by atoms with Crippen molar-refractivity contribution in [2.75, 3.05) is 12.3 Å². The molecule has 2 rings (SSSR count). The van der Waals surface area contributed by atoms with Gasteiger partial charge in [0.15, 0.2) is 12.2 Å². The number of aromatic nitrogens is 3. The van der Waals surface area contributed by atoms with Crippen molar-refractivity contribution < 1.29 is 8.75 Å². The largest absolute Gasteiger partial charge is 0.383 e. The number of nitrogen functional groups attached to an aromatic ring is 1. The first-order chi connectivity index (χ1) is 9.11. The Morgan fingerprint density at radius 2 is 2.26 bits per heavy atom. The molecule has 0 spiro atoms. The zero-order valence-corrected chi connectivity index (χ0v) is 12.7. The van der Waals surface area contributed by atoms with Crippen LogP contribution in [0.5, 0.6) is 0 Å². The summed E-state index contributed by atoms with van der Waals surface area (Å²) in [7, 11) is 0. The minimum atomic E-state index is 0.547. The SMILES string of the molecule is Cc1ncc(C[n+]2csc(CCOS)c2C)c(N)n1. The molecule has 7 heteroatoms. The molecule has 5 nitrogen and oxygen atoms in total. The second kappa shape index (κ2) is 6.31. The van der Waals surface area contributed by atoms with Crippen LogP contribution in [0.3, 0.4) is 0 Å². The van der Waals surface area contributed by atoms with Crippen molar-refractivity contribution in [1.82, 2.24) is 9.97 Å². The van der Waals surface area contributed by atoms with Gasteiger partial charge in [-0.25, -0.2) is 9.97 Å². The van der Waals surface area contributed by atoms with Crippen molar-refractivity contribution in [3.8, 4) is 0 Å². The summed E-state index contributed by atoms with van der Waals surface area (Å²) in [6.45, 7) is 5.23. The van der Waals surface area contributed by atoms with E-state index in [1.165, 1.54) is 10.6 Å². The van der Waals surface area contributed by atoms with Crippen LogP contribution in [0.15, 0.2) is 11.7 Å². The molecule has 0 saturated carbocycles. The number of aryl methyl sites for hydroxylation is 1. The van der Waals surface area contributed by atoms with Gasteiger partial charge < -0.3 is 9.92 Å². The molecule has 0 atom stereocenters. The summed E-state index contributed by atoms with van der Waals surface area (Å²) < 4.78 is 6.97. The van der Waals surface area contributed by atoms with Gasteiger partial charge in [-0.05, 0) is 19.8 Å². The number of thiol groups is 1. The molecule has 102 valence electrons. The van der Waals surface area contributed by atoms with E-state index in [1.807, 2.05) is 6.92 Å². The lowest BCUT2D eigenvalue weighted by atomic mass is 10.2. The van der Waals surface area contributed by atoms with Crippen LogP contribution < -0.4 is 10.3 Å². The third-order valence-corrected chi connectivity index (χ3v) is 4.26. The molecule has 2 N–H and O–H groups in total. The zero-order valence-electron chi connectivity index (χ0n) is 11.0. The maximum Gasteiger partial charge on any atom is 0.225 e. The van der Waals surface area contributed by atoms with E-state index in [9.17, 15) is 0 Å². The molecule has 0 aliphatic heterocycles. The minimum absolute atomic E-state index is 0.547. The predicted octanol–water partition coefficient (Wildman–Crippen LogP) is 1.48. The fourth-order valence-corrected chi connectivity index (χ4v) is 2.87. The first-order valence-corrected chi connectivity index (χ1v) is 7.17. The average Bonchev–Trinajstić information content (AvgIpc) is 2.72. The van der Waals surface area contributed by atoms with Gasteiger partial charge in [-0.3, -0.25) is 0 Å². The fraction of sp³-hybridized carbons (Fsp3) is 0.417. The Morgan fingerprint density at radius 3 is 2.95 bits per heavy atom. The number of rotatable bonds is 5. The molecule has 2 aromatic heterocycles. The maximum absolute atomic E-state index is 5.92. The van der Waals surface area contributed by atoms with Crippen molar-refractivity contribution in [2.24, 2.45) is 0 Å². The van der Waals surface area contributed by atoms with Crippen LogP contribution in [-0.2, 0) is 17.1 Å². The molecule has 2 heterocycles. The molecule has 2 aromatic rings. The molecule has 0 aliphatic carbocycles. The maximum atomic E-state index is 5.92. The second-order valence-corrected chi connectivity index (χ2v) is 5.47. The van der Waals surface area contributed by atoms with Crippen LogP contribution in [-0.4, -0.2) is 16.6 Å². The van der Waals surface area contributed by atoms with Crippen LogP contribution in [0, 0.1) is 13.8 Å². The van der Waals surface area contributed by atoms with Gasteiger partial charge in [-0.1, -0.05) is 11.3 Å². The van der Waals surface area contributed by atoms with Gasteiger partial charge in [-0.15, -0.1) is 0 Å². The third-order valence-electron chi connectivity index (χ3n) is 2.94. The summed E-state index contributed by atoms with van der Waals surface area (Å²) in [4.78, 5) is 9.67. The van der Waals surface area contributed by atoms with Gasteiger partial charge in [0.1, 0.15) is 11.6 Å². The van der Waals surface area contributed by atoms with Gasteiger partial charge in [0.2, 0.25) is 5.51 Å². The molecule has 0 fully saturated rings. The van der Waals surface area contributed by atoms with Crippen molar-refractivity contribution in [3.05, 3.63) is 33.7 Å². The van der Waals surface area contributed by atoms with Crippen LogP contribution >= 0.6 is 24.2 Å². The van der Waals surface area contributed by atoms with E-state index in [1.54, 1.807) is 17.5 Å². The zero-order chi connectivity index (χ0) is 13.8. The summed E-state index contributed by atoms with van der Waals surface area (Å²) in [5.41, 5.74) is 10.2. The summed E-state index contributed by atoms with van der Waals surface area (Å²) in [6.07, 6.45) is 2.66. The van der Waals surface area contributed by atoms with E-state index >= 15 is 0 Å². The number of thiazole rings is 1. The number of hydrogen-bond acceptors (Lipinski definition) is 6. The Balaban J connectivity index is 2.17. The summed E-state index contributed by atoms with van der Waals surface area (Å²) >= 11 is 5.47. The van der Waals surface area contributed by atoms with Gasteiger partial charge in [0.25, 0.3) is 0 Å². The minimum Gasteiger partial charge on any atom is -0.383 e. The quantitative estimate of drug-likeness (QED) is 0.498. The highest BCUT2D eigenvalue weighted by Gasteiger charge is 2.17. The average molecular weight is 297 g/mol. The standard InChI is InChI=1S/C12H16N4OS2/c1-8-11(3-4-17-18)19-7-16(8)6-10-5-14-9(2)15-12(10)13/h5,7H,3-4,6H2,1-2H3,(H2-,13,14,15,18)/p+1. The first-order valence-electron chi connectivity index (χ1n) is 5.92. The first kappa shape index (κ1) is 14.2. The molecular weight excluding hydrogens is 280 g/mol. The van der Waals surface area contributed by atoms with Crippen molar-refractivity contribution >= 4 is 30.1 Å². The number of anilines is 1. The molecule has 0 aromatic carbocycles. The number of nitrogens with zero attached hydrogens (tertiary/aromatic N) is 3. The summed E-state index contributed by atoms with van der Waals surface area (Å²) in [5, 5.41) is 0. The number of nitrogens with two attached hydrogens (primary N) is 1. The van der Waals surface area contributed by atoms with E-state index in [2.05, 4.69) is 39.9 Å². The molecule has 0 bridgehead atoms. The Kier molecular flexibility index (Phi) is 4.73. The Labute approximate surface area is 122 Å². The monoisotopic (exact) mass is 297 g/mol. The smallest absolute Gasteiger partial charge is 0.225 e. The van der Waals surface area contributed by atoms with Crippen LogP contribution in [0.4, 0.5) is 5.82 Å². The summed E-state index contributed by atoms with van der Waals surface area (Å²) in [5.74, 6) is 1.24. The molecule has 0 radical (unpaired) electrons. The lowest BCUT2D eigenvalue weighted by Crippen LogP contribution is -2.35. The fourth-order valence-electron chi connectivity index (χ4n) is 1.80. The molecule has 19 heavy (non-hydrogen) atoms. The molecule has 0 amide bonds. The van der Waals surface area contributed by atoms with Gasteiger partial charge in [-0.2, -0.15) is 4.57 Å². The van der Waals surface area contributed by atoms with Crippen molar-refractivity contribution in [2.45, 2.75) is 26.8 Å². The Hall–Kier alpha value is -1.18. The topological polar surface area (TPSA) is 64.9 Å². The number of hydrogen-bond donors (Lipinski definition) is 2. The molecular formula is C12H17N4OS2+. The highest BCUT2D eigenvalue weighted by molar-refractivity contribution is 7.75. The van der Waals surface area contributed by atoms with Gasteiger partial charge in [0, 0.05) is 19.5 Å². The second-order valence-electron chi connectivity index (χ2n) is 4.27. The van der Waals surface area contributed by atoms with Gasteiger partial charge >= 0.3 is 0 Å². The van der Waals surface area contributed by atoms with Crippen molar-refractivity contribution in [3.63, 3.8) is 0 Å². The van der Waals surface area contributed by atoms with Gasteiger partial charge in [0.05, 0.1) is 17.0 Å². The lowest BCUT2D eigenvalue weighted by Gasteiger charge is -2.02. The van der Waals surface area contributed by atoms with E-state index in [0.29, 0.717) is 24.8 Å².